The third kappa shape index (κ3) is 4.17. The van der Waals surface area contributed by atoms with Gasteiger partial charge in [0.1, 0.15) is 0 Å². The molecule has 1 saturated heterocycles. The summed E-state index contributed by atoms with van der Waals surface area (Å²) in [7, 11) is 2.15. The van der Waals surface area contributed by atoms with Crippen molar-refractivity contribution in [2.45, 2.75) is 33.2 Å². The second kappa shape index (κ2) is 8.44. The maximum atomic E-state index is 13.1. The Kier molecular flexibility index (Phi) is 5.73. The number of aromatic nitrogens is 1. The van der Waals surface area contributed by atoms with E-state index in [0.29, 0.717) is 22.6 Å². The van der Waals surface area contributed by atoms with E-state index in [1.165, 1.54) is 0 Å². The highest BCUT2D eigenvalue weighted by Gasteiger charge is 2.18. The van der Waals surface area contributed by atoms with Gasteiger partial charge in [0, 0.05) is 34.8 Å². The summed E-state index contributed by atoms with van der Waals surface area (Å²) in [6.45, 7) is 6.87. The Morgan fingerprint density at radius 3 is 2.57 bits per heavy atom. The highest BCUT2D eigenvalue weighted by molar-refractivity contribution is 6.09. The van der Waals surface area contributed by atoms with E-state index in [0.717, 1.165) is 49.0 Å². The Morgan fingerprint density at radius 1 is 1.07 bits per heavy atom. The molecule has 0 radical (unpaired) electrons. The molecule has 1 amide bonds. The van der Waals surface area contributed by atoms with E-state index in [4.69, 9.17) is 0 Å². The first-order valence-electron chi connectivity index (χ1n) is 10.6. The third-order valence-electron chi connectivity index (χ3n) is 6.19. The van der Waals surface area contributed by atoms with Gasteiger partial charge in [0.25, 0.3) is 11.5 Å². The number of anilines is 1. The minimum absolute atomic E-state index is 0.00837. The van der Waals surface area contributed by atoms with Gasteiger partial charge < -0.3 is 14.8 Å². The SMILES string of the molecule is Cc1ccc(C(=O)Nc2cccc3c(=O)n(CC4CCN(C)CC4)ccc23)c(C)c1. The largest absolute Gasteiger partial charge is 0.321 e. The number of carbonyl (C=O) groups is 1. The van der Waals surface area contributed by atoms with Crippen molar-refractivity contribution in [1.82, 2.24) is 9.47 Å². The lowest BCUT2D eigenvalue weighted by Gasteiger charge is -2.29. The number of fused-ring (bicyclic) bond motifs is 1. The van der Waals surface area contributed by atoms with Crippen LogP contribution < -0.4 is 10.9 Å². The maximum Gasteiger partial charge on any atom is 0.258 e. The summed E-state index contributed by atoms with van der Waals surface area (Å²) < 4.78 is 1.83. The minimum Gasteiger partial charge on any atom is -0.321 e. The van der Waals surface area contributed by atoms with Crippen molar-refractivity contribution in [3.05, 3.63) is 75.7 Å². The molecule has 1 aliphatic heterocycles. The lowest BCUT2D eigenvalue weighted by molar-refractivity contribution is 0.102. The first-order chi connectivity index (χ1) is 14.4. The summed E-state index contributed by atoms with van der Waals surface area (Å²) in [6.07, 6.45) is 4.11. The molecule has 5 heteroatoms. The number of hydrogen-bond donors (Lipinski definition) is 1. The molecule has 0 saturated carbocycles. The average Bonchev–Trinajstić information content (AvgIpc) is 2.72. The predicted octanol–water partition coefficient (Wildman–Crippen LogP) is 4.21. The Hall–Kier alpha value is -2.92. The number of likely N-dealkylation sites (tertiary alicyclic amines) is 1. The molecule has 156 valence electrons. The molecule has 30 heavy (non-hydrogen) atoms. The van der Waals surface area contributed by atoms with Crippen LogP contribution in [0.4, 0.5) is 5.69 Å². The smallest absolute Gasteiger partial charge is 0.258 e. The molecule has 1 aliphatic rings. The second-order valence-electron chi connectivity index (χ2n) is 8.56. The molecule has 0 unspecified atom stereocenters. The quantitative estimate of drug-likeness (QED) is 0.710. The number of aryl methyl sites for hydroxylation is 2. The van der Waals surface area contributed by atoms with E-state index in [2.05, 4.69) is 17.3 Å². The Morgan fingerprint density at radius 2 is 1.83 bits per heavy atom. The molecule has 2 aromatic carbocycles. The number of amides is 1. The third-order valence-corrected chi connectivity index (χ3v) is 6.19. The average molecular weight is 404 g/mol. The van der Waals surface area contributed by atoms with E-state index >= 15 is 0 Å². The van der Waals surface area contributed by atoms with Crippen LogP contribution in [0.2, 0.25) is 0 Å². The molecule has 2 heterocycles. The van der Waals surface area contributed by atoms with Crippen molar-refractivity contribution in [3.63, 3.8) is 0 Å². The number of rotatable bonds is 4. The highest BCUT2D eigenvalue weighted by Crippen LogP contribution is 2.23. The van der Waals surface area contributed by atoms with Crippen molar-refractivity contribution >= 4 is 22.4 Å². The van der Waals surface area contributed by atoms with Crippen LogP contribution in [0.25, 0.3) is 10.8 Å². The van der Waals surface area contributed by atoms with Crippen LogP contribution >= 0.6 is 0 Å². The molecule has 0 aliphatic carbocycles. The number of piperidine rings is 1. The van der Waals surface area contributed by atoms with Crippen molar-refractivity contribution < 1.29 is 4.79 Å². The number of nitrogens with one attached hydrogen (secondary N) is 1. The van der Waals surface area contributed by atoms with Crippen molar-refractivity contribution in [2.75, 3.05) is 25.5 Å². The number of carbonyl (C=O) groups excluding carboxylic acids is 1. The van der Waals surface area contributed by atoms with E-state index in [9.17, 15) is 9.59 Å². The number of hydrogen-bond acceptors (Lipinski definition) is 3. The molecule has 0 spiro atoms. The van der Waals surface area contributed by atoms with Crippen LogP contribution in [0, 0.1) is 19.8 Å². The zero-order valence-electron chi connectivity index (χ0n) is 17.9. The van der Waals surface area contributed by atoms with Crippen LogP contribution in [0.5, 0.6) is 0 Å². The van der Waals surface area contributed by atoms with Gasteiger partial charge >= 0.3 is 0 Å². The van der Waals surface area contributed by atoms with Gasteiger partial charge in [-0.1, -0.05) is 23.8 Å². The summed E-state index contributed by atoms with van der Waals surface area (Å²) in [6, 6.07) is 13.3. The molecule has 5 nitrogen and oxygen atoms in total. The summed E-state index contributed by atoms with van der Waals surface area (Å²) in [5, 5.41) is 4.42. The Balaban J connectivity index is 1.60. The predicted molar refractivity (Wildman–Crippen MR) is 122 cm³/mol. The van der Waals surface area contributed by atoms with Gasteiger partial charge in [0.15, 0.2) is 0 Å². The van der Waals surface area contributed by atoms with Gasteiger partial charge in [-0.3, -0.25) is 9.59 Å². The molecular formula is C25H29N3O2. The zero-order valence-corrected chi connectivity index (χ0v) is 17.9. The molecule has 1 fully saturated rings. The second-order valence-corrected chi connectivity index (χ2v) is 8.56. The molecular weight excluding hydrogens is 374 g/mol. The molecule has 0 atom stereocenters. The van der Waals surface area contributed by atoms with Gasteiger partial charge in [-0.25, -0.2) is 0 Å². The standard InChI is InChI=1S/C25H29N3O2/c1-17-7-8-20(18(2)15-17)24(29)26-23-6-4-5-22-21(23)11-14-28(25(22)30)16-19-9-12-27(3)13-10-19/h4-8,11,14-15,19H,9-10,12-13,16H2,1-3H3,(H,26,29). The van der Waals surface area contributed by atoms with Crippen molar-refractivity contribution in [3.8, 4) is 0 Å². The van der Waals surface area contributed by atoms with Gasteiger partial charge in [0.2, 0.25) is 0 Å². The highest BCUT2D eigenvalue weighted by atomic mass is 16.1. The Bertz CT molecular complexity index is 1140. The fourth-order valence-corrected chi connectivity index (χ4v) is 4.35. The van der Waals surface area contributed by atoms with E-state index in [-0.39, 0.29) is 11.5 Å². The van der Waals surface area contributed by atoms with Gasteiger partial charge in [-0.15, -0.1) is 0 Å². The lowest BCUT2D eigenvalue weighted by atomic mass is 9.97. The summed E-state index contributed by atoms with van der Waals surface area (Å²) in [5.41, 5.74) is 3.39. The maximum absolute atomic E-state index is 13.1. The first-order valence-corrected chi connectivity index (χ1v) is 10.6. The fraction of sp³-hybridized carbons (Fsp3) is 0.360. The number of nitrogens with zero attached hydrogens (tertiary/aromatic N) is 2. The van der Waals surface area contributed by atoms with Gasteiger partial charge in [-0.2, -0.15) is 0 Å². The van der Waals surface area contributed by atoms with Gasteiger partial charge in [0.05, 0.1) is 0 Å². The van der Waals surface area contributed by atoms with Crippen molar-refractivity contribution in [2.24, 2.45) is 5.92 Å². The molecule has 1 aromatic heterocycles. The molecule has 4 rings (SSSR count). The van der Waals surface area contributed by atoms with Crippen LogP contribution in [-0.2, 0) is 6.54 Å². The summed E-state index contributed by atoms with van der Waals surface area (Å²) >= 11 is 0. The molecule has 0 bridgehead atoms. The summed E-state index contributed by atoms with van der Waals surface area (Å²) in [5.74, 6) is 0.374. The van der Waals surface area contributed by atoms with Crippen LogP contribution in [0.1, 0.15) is 34.3 Å². The zero-order chi connectivity index (χ0) is 21.3. The Labute approximate surface area is 177 Å². The van der Waals surface area contributed by atoms with E-state index < -0.39 is 0 Å². The van der Waals surface area contributed by atoms with E-state index in [1.807, 2.05) is 67.1 Å². The van der Waals surface area contributed by atoms with E-state index in [1.54, 1.807) is 0 Å². The molecule has 1 N–H and O–H groups in total. The van der Waals surface area contributed by atoms with Gasteiger partial charge in [-0.05, 0) is 82.6 Å². The normalized spacial score (nSPS) is 15.4. The minimum atomic E-state index is -0.157. The fourth-order valence-electron chi connectivity index (χ4n) is 4.35. The van der Waals surface area contributed by atoms with Crippen LogP contribution in [0.15, 0.2) is 53.5 Å². The molecule has 3 aromatic rings. The first kappa shape index (κ1) is 20.4. The monoisotopic (exact) mass is 403 g/mol. The lowest BCUT2D eigenvalue weighted by Crippen LogP contribution is -2.33. The van der Waals surface area contributed by atoms with Crippen LogP contribution in [0.3, 0.4) is 0 Å². The van der Waals surface area contributed by atoms with Crippen LogP contribution in [-0.4, -0.2) is 35.5 Å². The summed E-state index contributed by atoms with van der Waals surface area (Å²) in [4.78, 5) is 28.3. The number of benzene rings is 2. The van der Waals surface area contributed by atoms with Crippen molar-refractivity contribution in [1.29, 1.82) is 0 Å². The topological polar surface area (TPSA) is 54.3 Å². The number of pyridine rings is 1.